The third kappa shape index (κ3) is 0.693. The van der Waals surface area contributed by atoms with Crippen molar-refractivity contribution in [2.24, 2.45) is 17.3 Å². The van der Waals surface area contributed by atoms with Gasteiger partial charge in [0.15, 0.2) is 0 Å². The van der Waals surface area contributed by atoms with Gasteiger partial charge in [-0.05, 0) is 56.9 Å². The van der Waals surface area contributed by atoms with E-state index in [4.69, 9.17) is 0 Å². The molecule has 0 amide bonds. The molecule has 1 heterocycles. The number of hydrogen-bond acceptors (Lipinski definition) is 1. The van der Waals surface area contributed by atoms with Crippen LogP contribution in [0, 0.1) is 17.3 Å². The molecule has 4 atom stereocenters. The molecular weight excluding hydrogens is 146 g/mol. The van der Waals surface area contributed by atoms with Crippen LogP contribution in [0.1, 0.15) is 32.6 Å². The average Bonchev–Trinajstić information content (AvgIpc) is 2.37. The first-order chi connectivity index (χ1) is 5.74. The van der Waals surface area contributed by atoms with Crippen molar-refractivity contribution < 1.29 is 0 Å². The highest BCUT2D eigenvalue weighted by Crippen LogP contribution is 2.73. The number of rotatable bonds is 0. The van der Waals surface area contributed by atoms with E-state index in [0.29, 0.717) is 0 Å². The van der Waals surface area contributed by atoms with Crippen LogP contribution in [-0.2, 0) is 0 Å². The van der Waals surface area contributed by atoms with Crippen LogP contribution in [-0.4, -0.2) is 24.5 Å². The summed E-state index contributed by atoms with van der Waals surface area (Å²) in [5.74, 6) is 2.32. The Morgan fingerprint density at radius 3 is 2.33 bits per heavy atom. The topological polar surface area (TPSA) is 3.24 Å². The van der Waals surface area contributed by atoms with Gasteiger partial charge in [-0.15, -0.1) is 0 Å². The third-order valence-electron chi connectivity index (χ3n) is 4.97. The zero-order valence-electron chi connectivity index (χ0n) is 8.21. The van der Waals surface area contributed by atoms with E-state index in [9.17, 15) is 0 Å². The molecule has 12 heavy (non-hydrogen) atoms. The largest absolute Gasteiger partial charge is 0.303 e. The van der Waals surface area contributed by atoms with Gasteiger partial charge in [0, 0.05) is 12.6 Å². The molecule has 2 aliphatic carbocycles. The molecule has 1 saturated heterocycles. The van der Waals surface area contributed by atoms with Crippen molar-refractivity contribution >= 4 is 0 Å². The van der Waals surface area contributed by atoms with E-state index >= 15 is 0 Å². The molecule has 0 aromatic carbocycles. The lowest BCUT2D eigenvalue weighted by Gasteiger charge is -2.36. The first-order valence-electron chi connectivity index (χ1n) is 5.44. The van der Waals surface area contributed by atoms with Crippen molar-refractivity contribution in [3.05, 3.63) is 0 Å². The molecule has 1 aliphatic heterocycles. The molecule has 0 bridgehead atoms. The van der Waals surface area contributed by atoms with Crippen LogP contribution in [0.4, 0.5) is 0 Å². The fourth-order valence-electron chi connectivity index (χ4n) is 3.75. The lowest BCUT2D eigenvalue weighted by molar-refractivity contribution is 0.126. The smallest absolute Gasteiger partial charge is 0.00643 e. The Bertz CT molecular complexity index is 201. The van der Waals surface area contributed by atoms with Crippen LogP contribution >= 0.6 is 0 Å². The summed E-state index contributed by atoms with van der Waals surface area (Å²) < 4.78 is 0. The molecular formula is C11H19N. The van der Waals surface area contributed by atoms with E-state index in [0.717, 1.165) is 23.3 Å². The summed E-state index contributed by atoms with van der Waals surface area (Å²) in [4.78, 5) is 2.59. The number of piperidine rings is 1. The van der Waals surface area contributed by atoms with E-state index in [-0.39, 0.29) is 0 Å². The predicted octanol–water partition coefficient (Wildman–Crippen LogP) is 2.13. The van der Waals surface area contributed by atoms with E-state index in [2.05, 4.69) is 18.9 Å². The molecule has 0 radical (unpaired) electrons. The summed E-state index contributed by atoms with van der Waals surface area (Å²) >= 11 is 0. The normalized spacial score (nSPS) is 58.0. The van der Waals surface area contributed by atoms with Crippen LogP contribution in [0.5, 0.6) is 0 Å². The van der Waals surface area contributed by atoms with Gasteiger partial charge in [0.25, 0.3) is 0 Å². The summed E-state index contributed by atoms with van der Waals surface area (Å²) in [5, 5.41) is 0. The highest BCUT2D eigenvalue weighted by atomic mass is 15.2. The second kappa shape index (κ2) is 2.06. The maximum atomic E-state index is 2.59. The summed E-state index contributed by atoms with van der Waals surface area (Å²) in [7, 11) is 2.31. The average molecular weight is 165 g/mol. The second-order valence-electron chi connectivity index (χ2n) is 5.33. The molecule has 3 fully saturated rings. The first-order valence-corrected chi connectivity index (χ1v) is 5.44. The Hall–Kier alpha value is -0.0400. The van der Waals surface area contributed by atoms with E-state index < -0.39 is 0 Å². The van der Waals surface area contributed by atoms with Crippen LogP contribution in [0.2, 0.25) is 0 Å². The van der Waals surface area contributed by atoms with Crippen molar-refractivity contribution in [1.82, 2.24) is 4.90 Å². The van der Waals surface area contributed by atoms with Crippen LogP contribution in [0.15, 0.2) is 0 Å². The molecule has 1 heteroatoms. The van der Waals surface area contributed by atoms with Gasteiger partial charge < -0.3 is 4.90 Å². The first kappa shape index (κ1) is 7.37. The Morgan fingerprint density at radius 1 is 1.17 bits per heavy atom. The summed E-state index contributed by atoms with van der Waals surface area (Å²) in [6.45, 7) is 3.78. The van der Waals surface area contributed by atoms with Gasteiger partial charge >= 0.3 is 0 Å². The highest BCUT2D eigenvalue weighted by molar-refractivity contribution is 5.18. The minimum absolute atomic E-state index is 0.835. The van der Waals surface area contributed by atoms with Crippen LogP contribution in [0.3, 0.4) is 0 Å². The van der Waals surface area contributed by atoms with Gasteiger partial charge in [-0.1, -0.05) is 0 Å². The van der Waals surface area contributed by atoms with Gasteiger partial charge in [-0.3, -0.25) is 0 Å². The van der Waals surface area contributed by atoms with Gasteiger partial charge in [-0.25, -0.2) is 0 Å². The van der Waals surface area contributed by atoms with Crippen molar-refractivity contribution in [2.45, 2.75) is 38.6 Å². The monoisotopic (exact) mass is 165 g/mol. The highest BCUT2D eigenvalue weighted by Gasteiger charge is 2.69. The summed E-state index contributed by atoms with van der Waals surface area (Å²) in [5.41, 5.74) is 0.835. The molecule has 0 N–H and O–H groups in total. The lowest BCUT2D eigenvalue weighted by atomic mass is 9.89. The quantitative estimate of drug-likeness (QED) is 0.531. The third-order valence-corrected chi connectivity index (χ3v) is 4.97. The second-order valence-corrected chi connectivity index (χ2v) is 5.33. The SMILES string of the molecule is C[C@H]1CCC2(CN1C)C1CC[C@H]12. The summed E-state index contributed by atoms with van der Waals surface area (Å²) in [6.07, 6.45) is 6.08. The Labute approximate surface area is 75.1 Å². The van der Waals surface area contributed by atoms with E-state index in [1.807, 2.05) is 0 Å². The predicted molar refractivity (Wildman–Crippen MR) is 50.0 cm³/mol. The molecule has 2 unspecified atom stereocenters. The molecule has 1 spiro atoms. The van der Waals surface area contributed by atoms with Gasteiger partial charge in [0.2, 0.25) is 0 Å². The van der Waals surface area contributed by atoms with Crippen molar-refractivity contribution in [1.29, 1.82) is 0 Å². The van der Waals surface area contributed by atoms with Gasteiger partial charge in [0.05, 0.1) is 0 Å². The molecule has 68 valence electrons. The van der Waals surface area contributed by atoms with Gasteiger partial charge in [-0.2, -0.15) is 0 Å². The lowest BCUT2D eigenvalue weighted by Crippen LogP contribution is -2.40. The van der Waals surface area contributed by atoms with E-state index in [1.54, 1.807) is 12.8 Å². The maximum Gasteiger partial charge on any atom is 0.00643 e. The molecule has 0 aromatic rings. The zero-order chi connectivity index (χ0) is 8.34. The standard InChI is InChI=1S/C11H19N/c1-8-5-6-11(7-12(8)2)9-3-4-10(9)11/h8-10H,3-7H2,1-2H3/t8-,9+,10?,11?/m0/s1. The Kier molecular flexibility index (Phi) is 1.27. The fraction of sp³-hybridized carbons (Fsp3) is 1.00. The number of nitrogens with zero attached hydrogens (tertiary/aromatic N) is 1. The van der Waals surface area contributed by atoms with Crippen molar-refractivity contribution in [2.75, 3.05) is 13.6 Å². The minimum Gasteiger partial charge on any atom is -0.303 e. The van der Waals surface area contributed by atoms with Crippen LogP contribution < -0.4 is 0 Å². The summed E-state index contributed by atoms with van der Waals surface area (Å²) in [6, 6.07) is 0.843. The molecule has 2 saturated carbocycles. The van der Waals surface area contributed by atoms with Crippen molar-refractivity contribution in [3.63, 3.8) is 0 Å². The molecule has 1 nitrogen and oxygen atoms in total. The minimum atomic E-state index is 0.835. The maximum absolute atomic E-state index is 2.59. The number of hydrogen-bond donors (Lipinski definition) is 0. The number of fused-ring (bicyclic) bond motifs is 3. The molecule has 3 aliphatic rings. The number of likely N-dealkylation sites (tertiary alicyclic amines) is 1. The van der Waals surface area contributed by atoms with Crippen molar-refractivity contribution in [3.8, 4) is 0 Å². The molecule has 3 rings (SSSR count). The Morgan fingerprint density at radius 2 is 1.83 bits per heavy atom. The fourth-order valence-corrected chi connectivity index (χ4v) is 3.75. The van der Waals surface area contributed by atoms with Gasteiger partial charge in [0.1, 0.15) is 0 Å². The van der Waals surface area contributed by atoms with Crippen LogP contribution in [0.25, 0.3) is 0 Å². The molecule has 0 aromatic heterocycles. The van der Waals surface area contributed by atoms with E-state index in [1.165, 1.54) is 19.4 Å². The Balaban J connectivity index is 1.75. The zero-order valence-corrected chi connectivity index (χ0v) is 8.21.